The molecule has 102 valence electrons. The lowest BCUT2D eigenvalue weighted by molar-refractivity contribution is 0.415. The minimum atomic E-state index is 0.341. The molecule has 2 nitrogen and oxygen atoms in total. The van der Waals surface area contributed by atoms with E-state index in [0.717, 1.165) is 23.2 Å². The van der Waals surface area contributed by atoms with Crippen LogP contribution in [0, 0.1) is 0 Å². The van der Waals surface area contributed by atoms with Crippen molar-refractivity contribution in [1.82, 2.24) is 5.32 Å². The Bertz CT molecular complexity index is 526. The highest BCUT2D eigenvalue weighted by molar-refractivity contribution is 9.10. The van der Waals surface area contributed by atoms with Crippen LogP contribution in [0.1, 0.15) is 23.4 Å². The fraction of sp³-hybridized carbons (Fsp3) is 0.333. The zero-order valence-corrected chi connectivity index (χ0v) is 13.6. The standard InChI is InChI=1S/C15H18BrNOS/c1-3-17-14(15-9-13(18-2)10-19-15)8-11-5-4-6-12(16)7-11/h4-7,9-10,14,17H,3,8H2,1-2H3. The van der Waals surface area contributed by atoms with Gasteiger partial charge in [0.2, 0.25) is 0 Å². The Hall–Kier alpha value is -0.840. The van der Waals surface area contributed by atoms with E-state index in [1.165, 1.54) is 10.4 Å². The lowest BCUT2D eigenvalue weighted by Gasteiger charge is -2.16. The van der Waals surface area contributed by atoms with Crippen LogP contribution in [0.25, 0.3) is 0 Å². The fourth-order valence-corrected chi connectivity index (χ4v) is 3.42. The van der Waals surface area contributed by atoms with Crippen LogP contribution in [0.2, 0.25) is 0 Å². The first-order valence-electron chi connectivity index (χ1n) is 6.33. The van der Waals surface area contributed by atoms with E-state index in [1.807, 2.05) is 0 Å². The Morgan fingerprint density at radius 3 is 2.84 bits per heavy atom. The molecule has 0 saturated heterocycles. The van der Waals surface area contributed by atoms with Crippen molar-refractivity contribution >= 4 is 27.3 Å². The van der Waals surface area contributed by atoms with E-state index < -0.39 is 0 Å². The highest BCUT2D eigenvalue weighted by Crippen LogP contribution is 2.29. The normalized spacial score (nSPS) is 12.4. The van der Waals surface area contributed by atoms with E-state index >= 15 is 0 Å². The molecule has 1 aromatic heterocycles. The van der Waals surface area contributed by atoms with Crippen molar-refractivity contribution in [2.45, 2.75) is 19.4 Å². The number of nitrogens with one attached hydrogen (secondary N) is 1. The minimum Gasteiger partial charge on any atom is -0.496 e. The van der Waals surface area contributed by atoms with E-state index in [-0.39, 0.29) is 0 Å². The molecular formula is C15H18BrNOS. The molecule has 19 heavy (non-hydrogen) atoms. The predicted molar refractivity (Wildman–Crippen MR) is 85.1 cm³/mol. The number of methoxy groups -OCH3 is 1. The number of hydrogen-bond acceptors (Lipinski definition) is 3. The van der Waals surface area contributed by atoms with Gasteiger partial charge in [0, 0.05) is 20.8 Å². The maximum absolute atomic E-state index is 5.27. The Balaban J connectivity index is 2.15. The quantitative estimate of drug-likeness (QED) is 0.841. The van der Waals surface area contributed by atoms with Crippen molar-refractivity contribution in [3.63, 3.8) is 0 Å². The molecule has 0 fully saturated rings. The second-order valence-electron chi connectivity index (χ2n) is 4.33. The van der Waals surface area contributed by atoms with Crippen LogP contribution in [0.5, 0.6) is 5.75 Å². The van der Waals surface area contributed by atoms with Crippen molar-refractivity contribution in [2.24, 2.45) is 0 Å². The molecule has 1 atom stereocenters. The number of likely N-dealkylation sites (N-methyl/N-ethyl adjacent to an activating group) is 1. The third-order valence-corrected chi connectivity index (χ3v) is 4.47. The van der Waals surface area contributed by atoms with Crippen molar-refractivity contribution in [2.75, 3.05) is 13.7 Å². The van der Waals surface area contributed by atoms with Crippen LogP contribution in [-0.2, 0) is 6.42 Å². The first-order chi connectivity index (χ1) is 9.22. The van der Waals surface area contributed by atoms with E-state index in [0.29, 0.717) is 6.04 Å². The van der Waals surface area contributed by atoms with Crippen molar-refractivity contribution in [1.29, 1.82) is 0 Å². The third-order valence-electron chi connectivity index (χ3n) is 2.95. The summed E-state index contributed by atoms with van der Waals surface area (Å²) in [5.41, 5.74) is 1.33. The van der Waals surface area contributed by atoms with Crippen LogP contribution in [-0.4, -0.2) is 13.7 Å². The molecule has 1 heterocycles. The lowest BCUT2D eigenvalue weighted by atomic mass is 10.0. The van der Waals surface area contributed by atoms with Crippen LogP contribution < -0.4 is 10.1 Å². The van der Waals surface area contributed by atoms with Gasteiger partial charge in [-0.05, 0) is 36.7 Å². The number of hydrogen-bond donors (Lipinski definition) is 1. The van der Waals surface area contributed by atoms with Gasteiger partial charge in [0.05, 0.1) is 7.11 Å². The molecule has 0 radical (unpaired) electrons. The summed E-state index contributed by atoms with van der Waals surface area (Å²) in [6, 6.07) is 10.9. The summed E-state index contributed by atoms with van der Waals surface area (Å²) in [6.45, 7) is 3.09. The zero-order valence-electron chi connectivity index (χ0n) is 11.2. The van der Waals surface area contributed by atoms with Gasteiger partial charge < -0.3 is 10.1 Å². The van der Waals surface area contributed by atoms with E-state index in [9.17, 15) is 0 Å². The molecule has 1 aromatic carbocycles. The highest BCUT2D eigenvalue weighted by atomic mass is 79.9. The van der Waals surface area contributed by atoms with E-state index in [4.69, 9.17) is 4.74 Å². The second kappa shape index (κ2) is 7.08. The number of rotatable bonds is 6. The van der Waals surface area contributed by atoms with E-state index in [1.54, 1.807) is 18.4 Å². The number of benzene rings is 1. The van der Waals surface area contributed by atoms with Crippen LogP contribution in [0.15, 0.2) is 40.2 Å². The van der Waals surface area contributed by atoms with Gasteiger partial charge in [0.25, 0.3) is 0 Å². The van der Waals surface area contributed by atoms with Gasteiger partial charge in [-0.25, -0.2) is 0 Å². The molecule has 0 aliphatic rings. The van der Waals surface area contributed by atoms with Gasteiger partial charge in [0.15, 0.2) is 0 Å². The Labute approximate surface area is 126 Å². The molecule has 1 unspecified atom stereocenters. The molecule has 0 amide bonds. The number of thiophene rings is 1. The molecule has 2 rings (SSSR count). The molecule has 0 aliphatic carbocycles. The summed E-state index contributed by atoms with van der Waals surface area (Å²) in [5.74, 6) is 0.942. The summed E-state index contributed by atoms with van der Waals surface area (Å²) in [5, 5.41) is 5.60. The van der Waals surface area contributed by atoms with Crippen molar-refractivity contribution < 1.29 is 4.74 Å². The average Bonchev–Trinajstić information content (AvgIpc) is 2.87. The van der Waals surface area contributed by atoms with Crippen molar-refractivity contribution in [3.8, 4) is 5.75 Å². The summed E-state index contributed by atoms with van der Waals surface area (Å²) >= 11 is 5.27. The molecule has 0 bridgehead atoms. The highest BCUT2D eigenvalue weighted by Gasteiger charge is 2.14. The lowest BCUT2D eigenvalue weighted by Crippen LogP contribution is -2.22. The third kappa shape index (κ3) is 4.06. The van der Waals surface area contributed by atoms with Gasteiger partial charge >= 0.3 is 0 Å². The topological polar surface area (TPSA) is 21.3 Å². The zero-order chi connectivity index (χ0) is 13.7. The summed E-state index contributed by atoms with van der Waals surface area (Å²) in [6.07, 6.45) is 0.983. The van der Waals surface area contributed by atoms with Crippen molar-refractivity contribution in [3.05, 3.63) is 50.6 Å². The molecule has 0 saturated carbocycles. The first-order valence-corrected chi connectivity index (χ1v) is 8.00. The maximum atomic E-state index is 5.27. The Kier molecular flexibility index (Phi) is 5.43. The minimum absolute atomic E-state index is 0.341. The van der Waals surface area contributed by atoms with Gasteiger partial charge in [-0.2, -0.15) is 0 Å². The summed E-state index contributed by atoms with van der Waals surface area (Å²) < 4.78 is 6.40. The Morgan fingerprint density at radius 2 is 2.21 bits per heavy atom. The average molecular weight is 340 g/mol. The largest absolute Gasteiger partial charge is 0.496 e. The second-order valence-corrected chi connectivity index (χ2v) is 6.19. The Morgan fingerprint density at radius 1 is 1.37 bits per heavy atom. The summed E-state index contributed by atoms with van der Waals surface area (Å²) in [4.78, 5) is 1.32. The maximum Gasteiger partial charge on any atom is 0.129 e. The molecule has 1 N–H and O–H groups in total. The van der Waals surface area contributed by atoms with Gasteiger partial charge in [0.1, 0.15) is 5.75 Å². The predicted octanol–water partition coefficient (Wildman–Crippen LogP) is 4.41. The smallest absolute Gasteiger partial charge is 0.129 e. The molecule has 0 spiro atoms. The van der Waals surface area contributed by atoms with Gasteiger partial charge in [-0.15, -0.1) is 11.3 Å². The first kappa shape index (κ1) is 14.6. The summed E-state index contributed by atoms with van der Waals surface area (Å²) in [7, 11) is 1.71. The monoisotopic (exact) mass is 339 g/mol. The van der Waals surface area contributed by atoms with E-state index in [2.05, 4.69) is 63.9 Å². The fourth-order valence-electron chi connectivity index (χ4n) is 2.04. The van der Waals surface area contributed by atoms with Gasteiger partial charge in [-0.1, -0.05) is 35.0 Å². The molecule has 0 aliphatic heterocycles. The molecule has 2 aromatic rings. The van der Waals surface area contributed by atoms with Crippen LogP contribution in [0.4, 0.5) is 0 Å². The number of ether oxygens (including phenoxy) is 1. The number of halogens is 1. The van der Waals surface area contributed by atoms with Gasteiger partial charge in [-0.3, -0.25) is 0 Å². The molecular weight excluding hydrogens is 322 g/mol. The SMILES string of the molecule is CCNC(Cc1cccc(Br)c1)c1cc(OC)cs1. The molecule has 4 heteroatoms. The van der Waals surface area contributed by atoms with Crippen LogP contribution in [0.3, 0.4) is 0 Å². The van der Waals surface area contributed by atoms with Crippen LogP contribution >= 0.6 is 27.3 Å².